The Morgan fingerprint density at radius 3 is 2.61 bits per heavy atom. The SMILES string of the molecule is [2H]COc1nc(C)c(-c2cc(C(F)(F)F)c3c(N)ncnn23)cc1C(=O)N[C@@H]1CN(C(=O)c2ccc(F)cc2)C[C@@H]1F. The molecule has 15 heteroatoms. The molecule has 5 rings (SSSR count). The summed E-state index contributed by atoms with van der Waals surface area (Å²) in [6.45, 7) is 0.906. The molecule has 0 unspecified atom stereocenters. The highest BCUT2D eigenvalue weighted by Crippen LogP contribution is 2.39. The number of carbonyl (C=O) groups is 2. The Balaban J connectivity index is 1.48. The van der Waals surface area contributed by atoms with Crippen molar-refractivity contribution in [1.82, 2.24) is 29.8 Å². The van der Waals surface area contributed by atoms with Gasteiger partial charge in [0, 0.05) is 17.7 Å². The summed E-state index contributed by atoms with van der Waals surface area (Å²) in [4.78, 5) is 35.1. The van der Waals surface area contributed by atoms with Crippen molar-refractivity contribution in [3.63, 3.8) is 0 Å². The van der Waals surface area contributed by atoms with Crippen LogP contribution in [-0.2, 0) is 6.18 Å². The molecule has 3 aromatic heterocycles. The maximum absolute atomic E-state index is 15.0. The molecule has 0 radical (unpaired) electrons. The van der Waals surface area contributed by atoms with E-state index in [1.807, 2.05) is 0 Å². The molecule has 214 valence electrons. The van der Waals surface area contributed by atoms with Gasteiger partial charge in [0.05, 0.1) is 38.0 Å². The predicted octanol–water partition coefficient (Wildman–Crippen LogP) is 3.44. The summed E-state index contributed by atoms with van der Waals surface area (Å²) in [6.07, 6.45) is -5.51. The smallest absolute Gasteiger partial charge is 0.418 e. The van der Waals surface area contributed by atoms with Crippen molar-refractivity contribution in [2.75, 3.05) is 25.9 Å². The standard InChI is InChI=1S/C26H22F5N7O3/c1-12-15(20-8-17(26(29,30)31)21-22(32)33-11-34-38(20)21)7-16(24(35-12)41-2)23(39)36-19-10-37(9-18(19)28)25(40)13-3-5-14(27)6-4-13/h3-8,11,18-19H,9-10H2,1-2H3,(H,36,39)(H2,32,33,34)/t18-,19+/m0/s1/i2D. The van der Waals surface area contributed by atoms with Crippen LogP contribution in [0, 0.1) is 12.7 Å². The van der Waals surface area contributed by atoms with Gasteiger partial charge in [-0.25, -0.2) is 23.3 Å². The number of anilines is 1. The first-order valence-electron chi connectivity index (χ1n) is 12.7. The van der Waals surface area contributed by atoms with Gasteiger partial charge in [-0.3, -0.25) is 9.59 Å². The van der Waals surface area contributed by atoms with Gasteiger partial charge in [-0.2, -0.15) is 18.3 Å². The molecule has 1 aliphatic rings. The topological polar surface area (TPSA) is 128 Å². The van der Waals surface area contributed by atoms with Crippen molar-refractivity contribution < 1.29 is 37.6 Å². The van der Waals surface area contributed by atoms with E-state index < -0.39 is 60.0 Å². The Labute approximate surface area is 230 Å². The molecular formula is C26H22F5N7O3. The number of methoxy groups -OCH3 is 1. The predicted molar refractivity (Wildman–Crippen MR) is 135 cm³/mol. The number of hydrogen-bond donors (Lipinski definition) is 2. The van der Waals surface area contributed by atoms with E-state index in [2.05, 4.69) is 20.4 Å². The van der Waals surface area contributed by atoms with E-state index in [0.717, 1.165) is 29.0 Å². The highest BCUT2D eigenvalue weighted by Gasteiger charge is 2.39. The van der Waals surface area contributed by atoms with E-state index in [-0.39, 0.29) is 47.0 Å². The fourth-order valence-corrected chi connectivity index (χ4v) is 4.68. The van der Waals surface area contributed by atoms with Gasteiger partial charge in [-0.15, -0.1) is 0 Å². The van der Waals surface area contributed by atoms with Crippen molar-refractivity contribution in [2.45, 2.75) is 25.3 Å². The number of hydrogen-bond acceptors (Lipinski definition) is 7. The van der Waals surface area contributed by atoms with E-state index in [1.54, 1.807) is 0 Å². The van der Waals surface area contributed by atoms with E-state index >= 15 is 0 Å². The number of alkyl halides is 4. The maximum Gasteiger partial charge on any atom is 0.418 e. The van der Waals surface area contributed by atoms with Gasteiger partial charge in [0.1, 0.15) is 29.4 Å². The number of ether oxygens (including phenoxy) is 1. The van der Waals surface area contributed by atoms with Gasteiger partial charge in [-0.1, -0.05) is 0 Å². The summed E-state index contributed by atoms with van der Waals surface area (Å²) in [7, 11) is -0.642. The summed E-state index contributed by atoms with van der Waals surface area (Å²) in [5.41, 5.74) is 4.07. The Bertz CT molecular complexity index is 1680. The number of carbonyl (C=O) groups excluding carboxylic acids is 2. The Morgan fingerprint density at radius 1 is 1.20 bits per heavy atom. The van der Waals surface area contributed by atoms with Crippen LogP contribution in [0.4, 0.5) is 27.8 Å². The number of likely N-dealkylation sites (tertiary alicyclic amines) is 1. The average molecular weight is 577 g/mol. The number of pyridine rings is 1. The van der Waals surface area contributed by atoms with Crippen molar-refractivity contribution >= 4 is 23.1 Å². The third-order valence-corrected chi connectivity index (χ3v) is 6.67. The minimum Gasteiger partial charge on any atom is -0.480 e. The molecule has 3 N–H and O–H groups in total. The van der Waals surface area contributed by atoms with Crippen molar-refractivity contribution in [3.8, 4) is 17.1 Å². The molecule has 41 heavy (non-hydrogen) atoms. The molecule has 1 aliphatic heterocycles. The largest absolute Gasteiger partial charge is 0.480 e. The molecular weight excluding hydrogens is 553 g/mol. The van der Waals surface area contributed by atoms with Gasteiger partial charge >= 0.3 is 6.18 Å². The zero-order chi connectivity index (χ0) is 30.3. The molecule has 2 atom stereocenters. The zero-order valence-corrected chi connectivity index (χ0v) is 21.2. The number of nitrogens with two attached hydrogens (primary N) is 1. The van der Waals surface area contributed by atoms with Crippen LogP contribution in [-0.4, -0.2) is 68.7 Å². The van der Waals surface area contributed by atoms with E-state index in [9.17, 15) is 31.5 Å². The fourth-order valence-electron chi connectivity index (χ4n) is 4.68. The third kappa shape index (κ3) is 5.10. The molecule has 0 aliphatic carbocycles. The van der Waals surface area contributed by atoms with E-state index in [1.165, 1.54) is 30.0 Å². The molecule has 10 nitrogen and oxygen atoms in total. The minimum atomic E-state index is -4.81. The lowest BCUT2D eigenvalue weighted by molar-refractivity contribution is -0.136. The highest BCUT2D eigenvalue weighted by atomic mass is 19.4. The number of halogens is 5. The van der Waals surface area contributed by atoms with Gasteiger partial charge in [0.25, 0.3) is 11.8 Å². The lowest BCUT2D eigenvalue weighted by atomic mass is 10.1. The van der Waals surface area contributed by atoms with Crippen LogP contribution in [0.25, 0.3) is 16.8 Å². The Morgan fingerprint density at radius 2 is 1.93 bits per heavy atom. The number of aromatic nitrogens is 4. The molecule has 4 aromatic rings. The average Bonchev–Trinajstić information content (AvgIpc) is 3.50. The number of rotatable bonds is 5. The van der Waals surface area contributed by atoms with Crippen molar-refractivity contribution in [3.05, 3.63) is 70.9 Å². The second-order valence-electron chi connectivity index (χ2n) is 9.28. The minimum absolute atomic E-state index is 0.0532. The van der Waals surface area contributed by atoms with Gasteiger partial charge in [-0.05, 0) is 43.3 Å². The number of nitrogen functional groups attached to an aromatic ring is 1. The monoisotopic (exact) mass is 576 g/mol. The molecule has 1 aromatic carbocycles. The summed E-state index contributed by atoms with van der Waals surface area (Å²) in [5.74, 6) is -2.73. The first-order valence-corrected chi connectivity index (χ1v) is 12.0. The summed E-state index contributed by atoms with van der Waals surface area (Å²) in [6, 6.07) is 5.55. The molecule has 1 saturated heterocycles. The second-order valence-corrected chi connectivity index (χ2v) is 9.28. The van der Waals surface area contributed by atoms with Gasteiger partial charge in [0.2, 0.25) is 5.88 Å². The highest BCUT2D eigenvalue weighted by molar-refractivity contribution is 5.98. The lowest BCUT2D eigenvalue weighted by Crippen LogP contribution is -2.42. The van der Waals surface area contributed by atoms with Crippen LogP contribution in [0.5, 0.6) is 5.88 Å². The lowest BCUT2D eigenvalue weighted by Gasteiger charge is -2.18. The van der Waals surface area contributed by atoms with Gasteiger partial charge < -0.3 is 20.7 Å². The maximum atomic E-state index is 15.0. The number of aryl methyl sites for hydroxylation is 1. The molecule has 2 amide bonds. The van der Waals surface area contributed by atoms with Gasteiger partial charge in [0.15, 0.2) is 5.82 Å². The molecule has 0 spiro atoms. The van der Waals surface area contributed by atoms with Crippen molar-refractivity contribution in [1.29, 1.82) is 0 Å². The Hall–Kier alpha value is -4.82. The second kappa shape index (κ2) is 10.3. The third-order valence-electron chi connectivity index (χ3n) is 6.67. The van der Waals surface area contributed by atoms with Crippen LogP contribution < -0.4 is 15.8 Å². The summed E-state index contributed by atoms with van der Waals surface area (Å²) >= 11 is 0. The van der Waals surface area contributed by atoms with Crippen molar-refractivity contribution in [2.24, 2.45) is 0 Å². The number of nitrogens with zero attached hydrogens (tertiary/aromatic N) is 5. The first kappa shape index (κ1) is 26.4. The number of amides is 2. The summed E-state index contributed by atoms with van der Waals surface area (Å²) < 4.78 is 83.3. The van der Waals surface area contributed by atoms with E-state index in [4.69, 9.17) is 11.8 Å². The van der Waals surface area contributed by atoms with Crippen LogP contribution in [0.15, 0.2) is 42.7 Å². The normalized spacial score (nSPS) is 17.5. The van der Waals surface area contributed by atoms with E-state index in [0.29, 0.717) is 0 Å². The van der Waals surface area contributed by atoms with Crippen LogP contribution in [0.3, 0.4) is 0 Å². The molecule has 4 heterocycles. The number of nitrogens with one attached hydrogen (secondary N) is 1. The van der Waals surface area contributed by atoms with Crippen LogP contribution >= 0.6 is 0 Å². The van der Waals surface area contributed by atoms with Crippen LogP contribution in [0.1, 0.15) is 33.3 Å². The Kier molecular flexibility index (Phi) is 6.63. The quantitative estimate of drug-likeness (QED) is 0.349. The zero-order valence-electron chi connectivity index (χ0n) is 22.2. The molecule has 0 bridgehead atoms. The number of fused-ring (bicyclic) bond motifs is 1. The first-order chi connectivity index (χ1) is 19.9. The molecule has 1 fully saturated rings. The summed E-state index contributed by atoms with van der Waals surface area (Å²) in [5, 5.41) is 6.38. The number of benzene rings is 1. The fraction of sp³-hybridized carbons (Fsp3) is 0.269. The van der Waals surface area contributed by atoms with Crippen LogP contribution in [0.2, 0.25) is 0 Å². The molecule has 0 saturated carbocycles.